The molecule has 3 fully saturated rings. The lowest BCUT2D eigenvalue weighted by molar-refractivity contribution is -0.118. The summed E-state index contributed by atoms with van der Waals surface area (Å²) in [5.41, 5.74) is 1.21. The summed E-state index contributed by atoms with van der Waals surface area (Å²) >= 11 is 6.59. The molecule has 6 nitrogen and oxygen atoms in total. The molecule has 5 rings (SSSR count). The number of aromatic nitrogens is 1. The Balaban J connectivity index is 1.37. The van der Waals surface area contributed by atoms with Crippen LogP contribution in [-0.2, 0) is 9.53 Å². The molecule has 3 heterocycles. The second-order valence-electron chi connectivity index (χ2n) is 8.69. The third kappa shape index (κ3) is 3.58. The van der Waals surface area contributed by atoms with E-state index in [4.69, 9.17) is 16.3 Å². The normalized spacial score (nSPS) is 25.9. The topological polar surface area (TPSA) is 66.5 Å². The zero-order valence-electron chi connectivity index (χ0n) is 16.7. The lowest BCUT2D eigenvalue weighted by atomic mass is 9.93. The van der Waals surface area contributed by atoms with Crippen molar-refractivity contribution in [2.24, 2.45) is 11.3 Å². The van der Waals surface area contributed by atoms with Gasteiger partial charge in [-0.25, -0.2) is 4.98 Å². The highest BCUT2D eigenvalue weighted by Gasteiger charge is 2.58. The summed E-state index contributed by atoms with van der Waals surface area (Å²) in [6, 6.07) is 6.43. The van der Waals surface area contributed by atoms with Crippen molar-refractivity contribution in [3.63, 3.8) is 0 Å². The van der Waals surface area contributed by atoms with Crippen LogP contribution in [-0.4, -0.2) is 49.8 Å². The highest BCUT2D eigenvalue weighted by molar-refractivity contribution is 6.34. The predicted molar refractivity (Wildman–Crippen MR) is 116 cm³/mol. The molecule has 1 saturated carbocycles. The Morgan fingerprint density at radius 2 is 2.14 bits per heavy atom. The number of hydrogen-bond donors (Lipinski definition) is 2. The first-order valence-corrected chi connectivity index (χ1v) is 10.9. The van der Waals surface area contributed by atoms with Gasteiger partial charge in [-0.1, -0.05) is 11.6 Å². The first-order chi connectivity index (χ1) is 14.1. The molecule has 2 atom stereocenters. The number of nitrogens with one attached hydrogen (secondary N) is 2. The number of halogens is 1. The first-order valence-electron chi connectivity index (χ1n) is 10.5. The number of ether oxygens (including phenoxy) is 1. The Morgan fingerprint density at radius 3 is 2.93 bits per heavy atom. The standard InChI is InChI=1S/C22H27ClN4O2/c1-14-12-24-4-5-27(14)19-9-15-10-20(25-13-16(15)8-18(19)23)26-21(28)17-11-22(17)2-6-29-7-3-22/h8-10,13-14,17,24H,2-7,11-12H2,1H3,(H,25,26,28)/t14-,17?/m1/s1. The van der Waals surface area contributed by atoms with Crippen molar-refractivity contribution in [1.82, 2.24) is 10.3 Å². The van der Waals surface area contributed by atoms with E-state index >= 15 is 0 Å². The predicted octanol–water partition coefficient (Wildman–Crippen LogP) is 3.44. The molecule has 1 aromatic carbocycles. The second-order valence-corrected chi connectivity index (χ2v) is 9.09. The van der Waals surface area contributed by atoms with E-state index in [2.05, 4.69) is 33.5 Å². The van der Waals surface area contributed by atoms with E-state index in [0.29, 0.717) is 11.9 Å². The number of fused-ring (bicyclic) bond motifs is 1. The van der Waals surface area contributed by atoms with Crippen molar-refractivity contribution < 1.29 is 9.53 Å². The molecule has 1 aromatic heterocycles. The number of carbonyl (C=O) groups excluding carboxylic acids is 1. The van der Waals surface area contributed by atoms with E-state index in [0.717, 1.165) is 73.6 Å². The quantitative estimate of drug-likeness (QED) is 0.805. The molecular formula is C22H27ClN4O2. The number of benzene rings is 1. The summed E-state index contributed by atoms with van der Waals surface area (Å²) < 4.78 is 5.46. The molecule has 0 radical (unpaired) electrons. The molecule has 1 spiro atoms. The van der Waals surface area contributed by atoms with Crippen LogP contribution in [0.5, 0.6) is 0 Å². The first kappa shape index (κ1) is 19.1. The van der Waals surface area contributed by atoms with Crippen LogP contribution < -0.4 is 15.5 Å². The summed E-state index contributed by atoms with van der Waals surface area (Å²) in [4.78, 5) is 19.6. The van der Waals surface area contributed by atoms with Gasteiger partial charge in [0.25, 0.3) is 0 Å². The molecule has 2 aromatic rings. The van der Waals surface area contributed by atoms with Crippen LogP contribution in [0.25, 0.3) is 10.8 Å². The molecule has 0 bridgehead atoms. The number of anilines is 2. The fourth-order valence-corrected chi connectivity index (χ4v) is 5.18. The molecule has 2 aliphatic heterocycles. The van der Waals surface area contributed by atoms with Gasteiger partial charge in [0.05, 0.1) is 10.7 Å². The number of pyridine rings is 1. The van der Waals surface area contributed by atoms with Gasteiger partial charge in [0, 0.05) is 56.4 Å². The maximum absolute atomic E-state index is 12.8. The number of rotatable bonds is 3. The number of amides is 1. The summed E-state index contributed by atoms with van der Waals surface area (Å²) in [6.45, 7) is 6.56. The van der Waals surface area contributed by atoms with E-state index < -0.39 is 0 Å². The largest absolute Gasteiger partial charge is 0.381 e. The average Bonchev–Trinajstić information content (AvgIpc) is 3.42. The minimum Gasteiger partial charge on any atom is -0.381 e. The number of carbonyl (C=O) groups is 1. The zero-order chi connectivity index (χ0) is 20.0. The maximum Gasteiger partial charge on any atom is 0.229 e. The number of nitrogens with zero attached hydrogens (tertiary/aromatic N) is 2. The minimum absolute atomic E-state index is 0.0867. The molecule has 1 aliphatic carbocycles. The number of piperazine rings is 1. The van der Waals surface area contributed by atoms with Crippen molar-refractivity contribution in [3.8, 4) is 0 Å². The van der Waals surface area contributed by atoms with Crippen LogP contribution in [0.4, 0.5) is 11.5 Å². The molecule has 3 aliphatic rings. The molecule has 1 amide bonds. The van der Waals surface area contributed by atoms with E-state index in [1.165, 1.54) is 0 Å². The smallest absolute Gasteiger partial charge is 0.229 e. The van der Waals surface area contributed by atoms with Crippen LogP contribution in [0.15, 0.2) is 24.4 Å². The van der Waals surface area contributed by atoms with E-state index in [1.54, 1.807) is 6.20 Å². The SMILES string of the molecule is C[C@@H]1CNCCN1c1cc2cc(NC(=O)C3CC34CCOCC4)ncc2cc1Cl. The fraction of sp³-hybridized carbons (Fsp3) is 0.545. The van der Waals surface area contributed by atoms with Crippen LogP contribution in [0, 0.1) is 11.3 Å². The van der Waals surface area contributed by atoms with Crippen LogP contribution in [0.1, 0.15) is 26.2 Å². The van der Waals surface area contributed by atoms with Gasteiger partial charge >= 0.3 is 0 Å². The van der Waals surface area contributed by atoms with Gasteiger partial charge in [0.2, 0.25) is 5.91 Å². The number of hydrogen-bond acceptors (Lipinski definition) is 5. The monoisotopic (exact) mass is 414 g/mol. The average molecular weight is 415 g/mol. The summed E-state index contributed by atoms with van der Waals surface area (Å²) in [5, 5.41) is 9.21. The molecule has 7 heteroatoms. The molecular weight excluding hydrogens is 388 g/mol. The Labute approximate surface area is 175 Å². The molecule has 29 heavy (non-hydrogen) atoms. The van der Waals surface area contributed by atoms with E-state index in [1.807, 2.05) is 12.1 Å². The Hall–Kier alpha value is -1.89. The lowest BCUT2D eigenvalue weighted by Gasteiger charge is -2.36. The van der Waals surface area contributed by atoms with Gasteiger partial charge in [0.15, 0.2) is 0 Å². The van der Waals surface area contributed by atoms with Gasteiger partial charge in [-0.05, 0) is 55.2 Å². The second kappa shape index (κ2) is 7.42. The van der Waals surface area contributed by atoms with Crippen LogP contribution in [0.3, 0.4) is 0 Å². The third-order valence-electron chi connectivity index (χ3n) is 6.84. The lowest BCUT2D eigenvalue weighted by Crippen LogP contribution is -2.50. The molecule has 1 unspecified atom stereocenters. The molecule has 2 N–H and O–H groups in total. The van der Waals surface area contributed by atoms with Crippen molar-refractivity contribution in [3.05, 3.63) is 29.4 Å². The summed E-state index contributed by atoms with van der Waals surface area (Å²) in [5.74, 6) is 0.785. The van der Waals surface area contributed by atoms with Crippen molar-refractivity contribution in [1.29, 1.82) is 0 Å². The summed E-state index contributed by atoms with van der Waals surface area (Å²) in [7, 11) is 0. The fourth-order valence-electron chi connectivity index (χ4n) is 4.90. The third-order valence-corrected chi connectivity index (χ3v) is 7.15. The van der Waals surface area contributed by atoms with Gasteiger partial charge in [-0.15, -0.1) is 0 Å². The minimum atomic E-state index is 0.0867. The Kier molecular flexibility index (Phi) is 4.88. The van der Waals surface area contributed by atoms with Gasteiger partial charge in [-0.3, -0.25) is 4.79 Å². The van der Waals surface area contributed by atoms with Crippen LogP contribution in [0.2, 0.25) is 5.02 Å². The highest BCUT2D eigenvalue weighted by atomic mass is 35.5. The van der Waals surface area contributed by atoms with E-state index in [-0.39, 0.29) is 17.2 Å². The van der Waals surface area contributed by atoms with Gasteiger partial charge < -0.3 is 20.3 Å². The molecule has 154 valence electrons. The summed E-state index contributed by atoms with van der Waals surface area (Å²) in [6.07, 6.45) is 4.73. The van der Waals surface area contributed by atoms with Crippen molar-refractivity contribution in [2.75, 3.05) is 43.1 Å². The highest BCUT2D eigenvalue weighted by Crippen LogP contribution is 2.59. The Bertz CT molecular complexity index is 944. The Morgan fingerprint density at radius 1 is 1.31 bits per heavy atom. The van der Waals surface area contributed by atoms with Crippen LogP contribution >= 0.6 is 11.6 Å². The van der Waals surface area contributed by atoms with Gasteiger partial charge in [-0.2, -0.15) is 0 Å². The van der Waals surface area contributed by atoms with Gasteiger partial charge in [0.1, 0.15) is 5.82 Å². The zero-order valence-corrected chi connectivity index (χ0v) is 17.5. The van der Waals surface area contributed by atoms with E-state index in [9.17, 15) is 4.79 Å². The maximum atomic E-state index is 12.8. The van der Waals surface area contributed by atoms with Crippen molar-refractivity contribution in [2.45, 2.75) is 32.2 Å². The molecule has 2 saturated heterocycles. The van der Waals surface area contributed by atoms with Crippen molar-refractivity contribution >= 4 is 39.8 Å².